The molecule has 1 fully saturated rings. The fourth-order valence-corrected chi connectivity index (χ4v) is 4.65. The second-order valence-corrected chi connectivity index (χ2v) is 8.36. The zero-order valence-electron chi connectivity index (χ0n) is 15.7. The molecule has 4 rings (SSSR count). The molecule has 6 heteroatoms. The van der Waals surface area contributed by atoms with Crippen molar-refractivity contribution >= 4 is 29.0 Å². The largest absolute Gasteiger partial charge is 0.457 e. The van der Waals surface area contributed by atoms with Gasteiger partial charge in [-0.05, 0) is 60.7 Å². The van der Waals surface area contributed by atoms with E-state index in [0.717, 1.165) is 24.1 Å². The second kappa shape index (κ2) is 8.27. The van der Waals surface area contributed by atoms with E-state index >= 15 is 0 Å². The first kappa shape index (κ1) is 18.9. The molecule has 2 aliphatic rings. The number of amides is 1. The van der Waals surface area contributed by atoms with Crippen LogP contribution in [0, 0.1) is 5.92 Å². The van der Waals surface area contributed by atoms with E-state index in [4.69, 9.17) is 4.74 Å². The minimum absolute atomic E-state index is 0.0219. The van der Waals surface area contributed by atoms with Crippen molar-refractivity contribution < 1.29 is 19.1 Å². The molecule has 1 aliphatic carbocycles. The molecular weight excluding hydrogens is 374 g/mol. The van der Waals surface area contributed by atoms with Crippen LogP contribution in [0.25, 0.3) is 0 Å². The minimum Gasteiger partial charge on any atom is -0.457 e. The summed E-state index contributed by atoms with van der Waals surface area (Å²) in [5.74, 6) is -0.722. The Balaban J connectivity index is 1.25. The van der Waals surface area contributed by atoms with Gasteiger partial charge in [0.1, 0.15) is 0 Å². The third-order valence-corrected chi connectivity index (χ3v) is 6.47. The predicted octanol–water partition coefficient (Wildman–Crippen LogP) is 3.52. The average Bonchev–Trinajstić information content (AvgIpc) is 3.42. The summed E-state index contributed by atoms with van der Waals surface area (Å²) in [6, 6.07) is 9.46. The first-order chi connectivity index (χ1) is 13.6. The van der Waals surface area contributed by atoms with Crippen molar-refractivity contribution in [2.24, 2.45) is 5.92 Å². The molecule has 0 bridgehead atoms. The van der Waals surface area contributed by atoms with Crippen molar-refractivity contribution in [3.63, 3.8) is 0 Å². The number of fused-ring (bicyclic) bond motifs is 1. The highest BCUT2D eigenvalue weighted by Crippen LogP contribution is 2.24. The summed E-state index contributed by atoms with van der Waals surface area (Å²) in [5, 5.41) is 1.88. The summed E-state index contributed by atoms with van der Waals surface area (Å²) in [6.45, 7) is 0.858. The molecule has 1 aromatic heterocycles. The fourth-order valence-electron chi connectivity index (χ4n) is 3.96. The molecular formula is C22H23NO4S. The number of nitrogens with zero attached hydrogens (tertiary/aromatic N) is 1. The highest BCUT2D eigenvalue weighted by molar-refractivity contribution is 7.12. The van der Waals surface area contributed by atoms with Crippen LogP contribution >= 0.6 is 11.3 Å². The SMILES string of the molecule is O=C(COC(=O)C1CCN(C(=O)c2cccs2)CC1)c1ccc2c(c1)CCC2. The van der Waals surface area contributed by atoms with E-state index in [0.29, 0.717) is 31.5 Å². The molecule has 1 aromatic carbocycles. The number of thiophene rings is 1. The third kappa shape index (κ3) is 4.02. The normalized spacial score (nSPS) is 16.6. The summed E-state index contributed by atoms with van der Waals surface area (Å²) < 4.78 is 5.30. The summed E-state index contributed by atoms with van der Waals surface area (Å²) in [4.78, 5) is 39.6. The van der Waals surface area contributed by atoms with Gasteiger partial charge >= 0.3 is 5.97 Å². The Hall–Kier alpha value is -2.47. The Morgan fingerprint density at radius 3 is 2.61 bits per heavy atom. The molecule has 5 nitrogen and oxygen atoms in total. The number of hydrogen-bond acceptors (Lipinski definition) is 5. The molecule has 0 unspecified atom stereocenters. The smallest absolute Gasteiger partial charge is 0.309 e. The van der Waals surface area contributed by atoms with Crippen LogP contribution < -0.4 is 0 Å². The standard InChI is InChI=1S/C22H23NO4S/c24-19(18-7-6-15-3-1-4-17(15)13-18)14-27-22(26)16-8-10-23(11-9-16)21(25)20-5-2-12-28-20/h2,5-7,12-13,16H,1,3-4,8-11,14H2. The van der Waals surface area contributed by atoms with Crippen LogP contribution in [0.1, 0.15) is 50.4 Å². The van der Waals surface area contributed by atoms with Crippen LogP contribution in [0.15, 0.2) is 35.7 Å². The Kier molecular flexibility index (Phi) is 5.57. The number of benzene rings is 1. The van der Waals surface area contributed by atoms with Crippen molar-refractivity contribution in [3.8, 4) is 0 Å². The number of carbonyl (C=O) groups is 3. The van der Waals surface area contributed by atoms with Gasteiger partial charge < -0.3 is 9.64 Å². The van der Waals surface area contributed by atoms with Crippen LogP contribution in [0.5, 0.6) is 0 Å². The highest BCUT2D eigenvalue weighted by atomic mass is 32.1. The van der Waals surface area contributed by atoms with Crippen LogP contribution in [0.4, 0.5) is 0 Å². The zero-order chi connectivity index (χ0) is 19.5. The van der Waals surface area contributed by atoms with Gasteiger partial charge in [0.15, 0.2) is 12.4 Å². The van der Waals surface area contributed by atoms with E-state index < -0.39 is 0 Å². The molecule has 2 aromatic rings. The van der Waals surface area contributed by atoms with E-state index in [9.17, 15) is 14.4 Å². The summed E-state index contributed by atoms with van der Waals surface area (Å²) in [7, 11) is 0. The lowest BCUT2D eigenvalue weighted by Crippen LogP contribution is -2.40. The van der Waals surface area contributed by atoms with Gasteiger partial charge in [0.05, 0.1) is 10.8 Å². The number of esters is 1. The molecule has 2 heterocycles. The van der Waals surface area contributed by atoms with E-state index in [-0.39, 0.29) is 30.2 Å². The Bertz CT molecular complexity index is 882. The van der Waals surface area contributed by atoms with Crippen molar-refractivity contribution in [1.82, 2.24) is 4.90 Å². The molecule has 0 spiro atoms. The maximum absolute atomic E-state index is 12.4. The van der Waals surface area contributed by atoms with E-state index in [1.807, 2.05) is 35.7 Å². The van der Waals surface area contributed by atoms with Crippen molar-refractivity contribution in [2.75, 3.05) is 19.7 Å². The zero-order valence-corrected chi connectivity index (χ0v) is 16.5. The van der Waals surface area contributed by atoms with Crippen molar-refractivity contribution in [3.05, 3.63) is 57.3 Å². The van der Waals surface area contributed by atoms with Crippen molar-refractivity contribution in [1.29, 1.82) is 0 Å². The molecule has 0 saturated carbocycles. The molecule has 0 radical (unpaired) electrons. The minimum atomic E-state index is -0.335. The van der Waals surface area contributed by atoms with E-state index in [2.05, 4.69) is 0 Å². The highest BCUT2D eigenvalue weighted by Gasteiger charge is 2.29. The number of carbonyl (C=O) groups excluding carboxylic acids is 3. The quantitative estimate of drug-likeness (QED) is 0.572. The van der Waals surface area contributed by atoms with Crippen LogP contribution in [0.2, 0.25) is 0 Å². The van der Waals surface area contributed by atoms with Gasteiger partial charge in [0, 0.05) is 18.7 Å². The van der Waals surface area contributed by atoms with Crippen LogP contribution in [-0.4, -0.2) is 42.3 Å². The maximum atomic E-state index is 12.4. The summed E-state index contributed by atoms with van der Waals surface area (Å²) in [6.07, 6.45) is 4.37. The van der Waals surface area contributed by atoms with Crippen LogP contribution in [-0.2, 0) is 22.4 Å². The molecule has 146 valence electrons. The Morgan fingerprint density at radius 2 is 1.86 bits per heavy atom. The second-order valence-electron chi connectivity index (χ2n) is 7.41. The van der Waals surface area contributed by atoms with Gasteiger partial charge in [0.25, 0.3) is 5.91 Å². The van der Waals surface area contributed by atoms with Gasteiger partial charge in [-0.1, -0.05) is 18.2 Å². The lowest BCUT2D eigenvalue weighted by molar-refractivity contribution is -0.148. The first-order valence-corrected chi connectivity index (χ1v) is 10.6. The van der Waals surface area contributed by atoms with Gasteiger partial charge in [-0.25, -0.2) is 0 Å². The molecule has 0 atom stereocenters. The van der Waals surface area contributed by atoms with Gasteiger partial charge in [0.2, 0.25) is 0 Å². The van der Waals surface area contributed by atoms with Gasteiger partial charge in [-0.3, -0.25) is 14.4 Å². The number of ketones is 1. The van der Waals surface area contributed by atoms with Crippen molar-refractivity contribution in [2.45, 2.75) is 32.1 Å². The number of aryl methyl sites for hydroxylation is 2. The van der Waals surface area contributed by atoms with E-state index in [1.165, 1.54) is 22.5 Å². The average molecular weight is 397 g/mol. The number of hydrogen-bond donors (Lipinski definition) is 0. The number of Topliss-reactive ketones (excluding diaryl/α,β-unsaturated/α-hetero) is 1. The predicted molar refractivity (Wildman–Crippen MR) is 107 cm³/mol. The molecule has 0 N–H and O–H groups in total. The number of likely N-dealkylation sites (tertiary alicyclic amines) is 1. The molecule has 1 aliphatic heterocycles. The Labute approximate surface area is 168 Å². The summed E-state index contributed by atoms with van der Waals surface area (Å²) >= 11 is 1.43. The summed E-state index contributed by atoms with van der Waals surface area (Å²) in [5.41, 5.74) is 3.17. The van der Waals surface area contributed by atoms with Crippen LogP contribution in [0.3, 0.4) is 0 Å². The third-order valence-electron chi connectivity index (χ3n) is 5.61. The topological polar surface area (TPSA) is 63.7 Å². The number of rotatable bonds is 5. The fraction of sp³-hybridized carbons (Fsp3) is 0.409. The first-order valence-electron chi connectivity index (χ1n) is 9.76. The number of piperidine rings is 1. The lowest BCUT2D eigenvalue weighted by Gasteiger charge is -2.30. The monoisotopic (exact) mass is 397 g/mol. The Morgan fingerprint density at radius 1 is 1.07 bits per heavy atom. The molecule has 1 saturated heterocycles. The van der Waals surface area contributed by atoms with Gasteiger partial charge in [-0.2, -0.15) is 0 Å². The van der Waals surface area contributed by atoms with E-state index in [1.54, 1.807) is 4.90 Å². The van der Waals surface area contributed by atoms with Gasteiger partial charge in [-0.15, -0.1) is 11.3 Å². The molecule has 1 amide bonds. The maximum Gasteiger partial charge on any atom is 0.309 e. The molecule has 28 heavy (non-hydrogen) atoms. The lowest BCUT2D eigenvalue weighted by atomic mass is 9.97. The number of ether oxygens (including phenoxy) is 1.